The third-order valence-electron chi connectivity index (χ3n) is 2.89. The number of hydrogen-bond acceptors (Lipinski definition) is 6. The number of amides is 1. The number of nitro groups is 1. The number of nitrogens with zero attached hydrogens (tertiary/aromatic N) is 4. The van der Waals surface area contributed by atoms with Gasteiger partial charge in [0.15, 0.2) is 0 Å². The van der Waals surface area contributed by atoms with E-state index in [2.05, 4.69) is 47.5 Å². The fourth-order valence-corrected chi connectivity index (χ4v) is 2.97. The molecule has 0 aliphatic carbocycles. The van der Waals surface area contributed by atoms with Gasteiger partial charge in [-0.1, -0.05) is 0 Å². The minimum atomic E-state index is -0.625. The van der Waals surface area contributed by atoms with E-state index in [1.165, 1.54) is 17.0 Å². The number of aryl methyl sites for hydroxylation is 1. The van der Waals surface area contributed by atoms with E-state index in [9.17, 15) is 20.0 Å². The van der Waals surface area contributed by atoms with Gasteiger partial charge in [0, 0.05) is 0 Å². The van der Waals surface area contributed by atoms with Crippen LogP contribution in [0.5, 0.6) is 5.75 Å². The van der Waals surface area contributed by atoms with E-state index in [4.69, 9.17) is 0 Å². The highest BCUT2D eigenvalue weighted by Crippen LogP contribution is 2.32. The Bertz CT molecular complexity index is 811. The van der Waals surface area contributed by atoms with Crippen molar-refractivity contribution in [1.82, 2.24) is 15.2 Å². The van der Waals surface area contributed by atoms with Crippen molar-refractivity contribution in [2.24, 2.45) is 5.10 Å². The predicted molar refractivity (Wildman–Crippen MR) is 92.9 cm³/mol. The van der Waals surface area contributed by atoms with Crippen molar-refractivity contribution in [2.75, 3.05) is 0 Å². The predicted octanol–water partition coefficient (Wildman–Crippen LogP) is 2.48. The summed E-state index contributed by atoms with van der Waals surface area (Å²) in [5, 5.41) is 27.8. The van der Waals surface area contributed by atoms with Gasteiger partial charge in [-0.25, -0.2) is 5.43 Å². The minimum Gasteiger partial charge on any atom is -0.506 e. The molecule has 2 N–H and O–H groups in total. The van der Waals surface area contributed by atoms with Crippen LogP contribution in [0.25, 0.3) is 0 Å². The number of nitrogens with one attached hydrogen (secondary N) is 1. The van der Waals surface area contributed by atoms with E-state index in [0.717, 1.165) is 0 Å². The largest absolute Gasteiger partial charge is 0.506 e. The Labute approximate surface area is 152 Å². The van der Waals surface area contributed by atoms with Gasteiger partial charge >= 0.3 is 5.82 Å². The van der Waals surface area contributed by atoms with Crippen LogP contribution in [-0.4, -0.2) is 31.9 Å². The summed E-state index contributed by atoms with van der Waals surface area (Å²) < 4.78 is 2.17. The maximum absolute atomic E-state index is 11.8. The van der Waals surface area contributed by atoms with Gasteiger partial charge in [0.05, 0.1) is 32.0 Å². The number of halogens is 2. The smallest absolute Gasteiger partial charge is 0.390 e. The van der Waals surface area contributed by atoms with E-state index in [1.807, 2.05) is 0 Å². The lowest BCUT2D eigenvalue weighted by molar-refractivity contribution is -0.389. The van der Waals surface area contributed by atoms with Crippen molar-refractivity contribution in [3.63, 3.8) is 0 Å². The molecule has 9 nitrogen and oxygen atoms in total. The first-order valence-electron chi connectivity index (χ1n) is 6.46. The Kier molecular flexibility index (Phi) is 5.67. The zero-order valence-electron chi connectivity index (χ0n) is 12.2. The Morgan fingerprint density at radius 2 is 2.08 bits per heavy atom. The van der Waals surface area contributed by atoms with Gasteiger partial charge in [-0.15, -0.1) is 0 Å². The summed E-state index contributed by atoms with van der Waals surface area (Å²) in [5.41, 5.74) is 3.44. The van der Waals surface area contributed by atoms with Crippen molar-refractivity contribution in [3.8, 4) is 5.75 Å². The van der Waals surface area contributed by atoms with Crippen molar-refractivity contribution in [1.29, 1.82) is 0 Å². The summed E-state index contributed by atoms with van der Waals surface area (Å²) in [6.45, 7) is 1.42. The first kappa shape index (κ1) is 18.1. The second-order valence-electron chi connectivity index (χ2n) is 4.69. The summed E-state index contributed by atoms with van der Waals surface area (Å²) in [6, 6.07) is 4.52. The normalized spacial score (nSPS) is 11.0. The molecule has 11 heteroatoms. The van der Waals surface area contributed by atoms with E-state index in [-0.39, 0.29) is 18.1 Å². The Morgan fingerprint density at radius 1 is 1.46 bits per heavy atom. The molecular weight excluding hydrogens is 450 g/mol. The molecule has 1 heterocycles. The first-order chi connectivity index (χ1) is 11.3. The molecule has 2 aromatic rings. The average Bonchev–Trinajstić information content (AvgIpc) is 2.86. The summed E-state index contributed by atoms with van der Waals surface area (Å²) in [6.07, 6.45) is 1.39. The molecule has 1 aromatic carbocycles. The van der Waals surface area contributed by atoms with Crippen LogP contribution in [0.3, 0.4) is 0 Å². The lowest BCUT2D eigenvalue weighted by Gasteiger charge is -2.02. The fraction of sp³-hybridized carbons (Fsp3) is 0.154. The van der Waals surface area contributed by atoms with Gasteiger partial charge in [-0.05, 0) is 61.4 Å². The fourth-order valence-electron chi connectivity index (χ4n) is 1.75. The lowest BCUT2D eigenvalue weighted by Crippen LogP contribution is -2.24. The molecule has 2 rings (SSSR count). The number of aromatic hydroxyl groups is 1. The van der Waals surface area contributed by atoms with Crippen LogP contribution in [0, 0.1) is 17.0 Å². The number of carbonyl (C=O) groups is 1. The zero-order valence-corrected chi connectivity index (χ0v) is 15.4. The summed E-state index contributed by atoms with van der Waals surface area (Å²) >= 11 is 6.38. The second kappa shape index (κ2) is 7.53. The maximum Gasteiger partial charge on any atom is 0.390 e. The van der Waals surface area contributed by atoms with E-state index < -0.39 is 10.8 Å². The Hall–Kier alpha value is -2.27. The van der Waals surface area contributed by atoms with Gasteiger partial charge in [0.2, 0.25) is 0 Å². The van der Waals surface area contributed by atoms with Crippen molar-refractivity contribution >= 4 is 49.8 Å². The highest BCUT2D eigenvalue weighted by Gasteiger charge is 2.17. The summed E-state index contributed by atoms with van der Waals surface area (Å²) in [4.78, 5) is 21.8. The van der Waals surface area contributed by atoms with Crippen LogP contribution < -0.4 is 5.43 Å². The van der Waals surface area contributed by atoms with Gasteiger partial charge in [0.1, 0.15) is 12.3 Å². The molecule has 24 heavy (non-hydrogen) atoms. The molecule has 1 aromatic heterocycles. The first-order valence-corrected chi connectivity index (χ1v) is 8.05. The maximum atomic E-state index is 11.8. The SMILES string of the molecule is Cc1cc([N+](=O)[O-])nn1CC(=O)N/N=C/c1cc(Br)c(O)c(Br)c1. The second-order valence-corrected chi connectivity index (χ2v) is 6.39. The number of phenols is 1. The number of benzene rings is 1. The van der Waals surface area contributed by atoms with Crippen molar-refractivity contribution < 1.29 is 14.8 Å². The third kappa shape index (κ3) is 4.38. The molecule has 0 unspecified atom stereocenters. The Balaban J connectivity index is 1.99. The van der Waals surface area contributed by atoms with Crippen LogP contribution in [0.2, 0.25) is 0 Å². The quantitative estimate of drug-likeness (QED) is 0.403. The molecular formula is C13H11Br2N5O4. The minimum absolute atomic E-state index is 0.0620. The number of hydrazone groups is 1. The van der Waals surface area contributed by atoms with Crippen molar-refractivity contribution in [2.45, 2.75) is 13.5 Å². The summed E-state index contributed by atoms with van der Waals surface area (Å²) in [7, 11) is 0. The zero-order chi connectivity index (χ0) is 17.9. The monoisotopic (exact) mass is 459 g/mol. The number of aromatic nitrogens is 2. The third-order valence-corrected chi connectivity index (χ3v) is 4.10. The number of hydrogen-bond donors (Lipinski definition) is 2. The van der Waals surface area contributed by atoms with Gasteiger partial charge in [-0.3, -0.25) is 4.79 Å². The van der Waals surface area contributed by atoms with Gasteiger partial charge < -0.3 is 15.2 Å². The molecule has 0 saturated carbocycles. The van der Waals surface area contributed by atoms with Crippen LogP contribution >= 0.6 is 31.9 Å². The molecule has 0 bridgehead atoms. The number of carbonyl (C=O) groups excluding carboxylic acids is 1. The van der Waals surface area contributed by atoms with Crippen LogP contribution in [0.4, 0.5) is 5.82 Å². The van der Waals surface area contributed by atoms with Crippen LogP contribution in [0.15, 0.2) is 32.2 Å². The molecule has 0 spiro atoms. The topological polar surface area (TPSA) is 123 Å². The van der Waals surface area contributed by atoms with Crippen LogP contribution in [0.1, 0.15) is 11.3 Å². The molecule has 0 atom stereocenters. The van der Waals surface area contributed by atoms with Crippen molar-refractivity contribution in [3.05, 3.63) is 48.5 Å². The molecule has 0 saturated heterocycles. The number of rotatable bonds is 5. The highest BCUT2D eigenvalue weighted by atomic mass is 79.9. The highest BCUT2D eigenvalue weighted by molar-refractivity contribution is 9.11. The Morgan fingerprint density at radius 3 is 2.62 bits per heavy atom. The number of phenolic OH excluding ortho intramolecular Hbond substituents is 1. The molecule has 126 valence electrons. The lowest BCUT2D eigenvalue weighted by atomic mass is 10.2. The van der Waals surface area contributed by atoms with E-state index in [0.29, 0.717) is 20.2 Å². The molecule has 0 aliphatic heterocycles. The summed E-state index contributed by atoms with van der Waals surface area (Å²) in [5.74, 6) is -0.737. The molecule has 0 radical (unpaired) electrons. The van der Waals surface area contributed by atoms with E-state index >= 15 is 0 Å². The van der Waals surface area contributed by atoms with Gasteiger partial charge in [-0.2, -0.15) is 9.78 Å². The van der Waals surface area contributed by atoms with Gasteiger partial charge in [0.25, 0.3) is 5.91 Å². The average molecular weight is 461 g/mol. The molecule has 0 fully saturated rings. The van der Waals surface area contributed by atoms with Crippen LogP contribution in [-0.2, 0) is 11.3 Å². The van der Waals surface area contributed by atoms with E-state index in [1.54, 1.807) is 19.1 Å². The standard InChI is InChI=1S/C13H11Br2N5O4/c1-7-2-11(20(23)24)18-19(7)6-12(21)17-16-5-8-3-9(14)13(22)10(15)4-8/h2-5,22H,6H2,1H3,(H,17,21)/b16-5+. The molecule has 0 aliphatic rings. The molecule has 1 amide bonds.